The molecule has 1 aliphatic rings. The van der Waals surface area contributed by atoms with Crippen molar-refractivity contribution in [3.8, 4) is 0 Å². The molecule has 110 valence electrons. The van der Waals surface area contributed by atoms with Crippen LogP contribution in [-0.2, 0) is 4.79 Å². The first-order chi connectivity index (χ1) is 10.1. The number of anilines is 1. The molecule has 0 spiro atoms. The number of carboxylic acids is 1. The second-order valence-corrected chi connectivity index (χ2v) is 5.76. The molecule has 1 saturated heterocycles. The first-order valence-electron chi connectivity index (χ1n) is 7.21. The molecule has 0 aliphatic carbocycles. The van der Waals surface area contributed by atoms with E-state index in [9.17, 15) is 4.79 Å². The van der Waals surface area contributed by atoms with Crippen molar-refractivity contribution in [3.05, 3.63) is 36.2 Å². The summed E-state index contributed by atoms with van der Waals surface area (Å²) in [6.45, 7) is 5.39. The Kier molecular flexibility index (Phi) is 3.41. The number of nitrogens with zero attached hydrogens (tertiary/aromatic N) is 3. The van der Waals surface area contributed by atoms with Crippen LogP contribution in [0.1, 0.15) is 26.0 Å². The third kappa shape index (κ3) is 2.51. The monoisotopic (exact) mass is 285 g/mol. The van der Waals surface area contributed by atoms with Crippen molar-refractivity contribution in [2.24, 2.45) is 5.92 Å². The van der Waals surface area contributed by atoms with Gasteiger partial charge in [0, 0.05) is 24.9 Å². The average molecular weight is 285 g/mol. The number of aliphatic carboxylic acids is 1. The van der Waals surface area contributed by atoms with Gasteiger partial charge in [0.25, 0.3) is 0 Å². The highest BCUT2D eigenvalue weighted by molar-refractivity contribution is 5.86. The van der Waals surface area contributed by atoms with Crippen LogP contribution in [0.5, 0.6) is 0 Å². The van der Waals surface area contributed by atoms with Gasteiger partial charge in [-0.05, 0) is 37.5 Å². The zero-order valence-electron chi connectivity index (χ0n) is 12.2. The number of rotatable bonds is 3. The van der Waals surface area contributed by atoms with Crippen molar-refractivity contribution in [2.75, 3.05) is 11.4 Å². The molecule has 2 aromatic rings. The van der Waals surface area contributed by atoms with Crippen molar-refractivity contribution >= 4 is 23.5 Å². The van der Waals surface area contributed by atoms with Crippen molar-refractivity contribution in [3.63, 3.8) is 0 Å². The predicted molar refractivity (Wildman–Crippen MR) is 82.5 cm³/mol. The first kappa shape index (κ1) is 13.7. The average Bonchev–Trinajstić information content (AvgIpc) is 2.96. The Hall–Kier alpha value is -2.30. The summed E-state index contributed by atoms with van der Waals surface area (Å²) < 4.78 is 1.94. The Balaban J connectivity index is 2.12. The van der Waals surface area contributed by atoms with Crippen molar-refractivity contribution in [2.45, 2.75) is 26.3 Å². The summed E-state index contributed by atoms with van der Waals surface area (Å²) in [5.74, 6) is 0.548. The lowest BCUT2D eigenvalue weighted by molar-refractivity contribution is -0.131. The van der Waals surface area contributed by atoms with Gasteiger partial charge in [-0.2, -0.15) is 0 Å². The SMILES string of the molecule is CC1CC(C)N(c2nc3ccccn3c2/C=C/C(=O)O)C1. The largest absolute Gasteiger partial charge is 0.478 e. The van der Waals surface area contributed by atoms with Crippen LogP contribution < -0.4 is 4.90 Å². The Bertz CT molecular complexity index is 705. The normalized spacial score (nSPS) is 22.5. The Morgan fingerprint density at radius 3 is 2.90 bits per heavy atom. The molecule has 5 nitrogen and oxygen atoms in total. The minimum Gasteiger partial charge on any atom is -0.478 e. The summed E-state index contributed by atoms with van der Waals surface area (Å²) in [6.07, 6.45) is 5.85. The van der Waals surface area contributed by atoms with Gasteiger partial charge in [-0.1, -0.05) is 13.0 Å². The molecule has 2 atom stereocenters. The number of hydrogen-bond acceptors (Lipinski definition) is 3. The molecular formula is C16H19N3O2. The molecular weight excluding hydrogens is 266 g/mol. The van der Waals surface area contributed by atoms with E-state index in [-0.39, 0.29) is 0 Å². The van der Waals surface area contributed by atoms with E-state index in [1.54, 1.807) is 6.08 Å². The van der Waals surface area contributed by atoms with E-state index in [1.807, 2.05) is 28.8 Å². The quantitative estimate of drug-likeness (QED) is 0.881. The van der Waals surface area contributed by atoms with Gasteiger partial charge in [-0.15, -0.1) is 0 Å². The topological polar surface area (TPSA) is 57.8 Å². The van der Waals surface area contributed by atoms with Crippen LogP contribution in [0, 0.1) is 5.92 Å². The molecule has 5 heteroatoms. The van der Waals surface area contributed by atoms with Crippen LogP contribution in [0.15, 0.2) is 30.5 Å². The summed E-state index contributed by atoms with van der Waals surface area (Å²) in [7, 11) is 0. The van der Waals surface area contributed by atoms with Gasteiger partial charge in [-0.25, -0.2) is 9.78 Å². The van der Waals surface area contributed by atoms with Gasteiger partial charge in [0.15, 0.2) is 5.82 Å². The Morgan fingerprint density at radius 2 is 2.24 bits per heavy atom. The second-order valence-electron chi connectivity index (χ2n) is 5.76. The third-order valence-electron chi connectivity index (χ3n) is 3.99. The van der Waals surface area contributed by atoms with E-state index in [4.69, 9.17) is 10.1 Å². The minimum atomic E-state index is -0.949. The van der Waals surface area contributed by atoms with Crippen LogP contribution in [0.2, 0.25) is 0 Å². The standard InChI is InChI=1S/C16H19N3O2/c1-11-9-12(2)19(10-11)16-13(6-7-15(20)21)18-8-4-3-5-14(18)17-16/h3-8,11-12H,9-10H2,1-2H3,(H,20,21)/b7-6+. The van der Waals surface area contributed by atoms with Crippen molar-refractivity contribution < 1.29 is 9.90 Å². The smallest absolute Gasteiger partial charge is 0.328 e. The van der Waals surface area contributed by atoms with Gasteiger partial charge < -0.3 is 10.0 Å². The molecule has 1 aliphatic heterocycles. The zero-order chi connectivity index (χ0) is 15.0. The summed E-state index contributed by atoms with van der Waals surface area (Å²) in [5.41, 5.74) is 1.67. The first-order valence-corrected chi connectivity index (χ1v) is 7.21. The van der Waals surface area contributed by atoms with Crippen molar-refractivity contribution in [1.82, 2.24) is 9.38 Å². The fourth-order valence-corrected chi connectivity index (χ4v) is 3.11. The molecule has 3 rings (SSSR count). The van der Waals surface area contributed by atoms with Gasteiger partial charge >= 0.3 is 5.97 Å². The van der Waals surface area contributed by atoms with Crippen LogP contribution in [0.25, 0.3) is 11.7 Å². The van der Waals surface area contributed by atoms with Gasteiger partial charge in [0.05, 0.1) is 5.69 Å². The van der Waals surface area contributed by atoms with Gasteiger partial charge in [-0.3, -0.25) is 4.40 Å². The molecule has 2 aromatic heterocycles. The minimum absolute atomic E-state index is 0.418. The van der Waals surface area contributed by atoms with Crippen molar-refractivity contribution in [1.29, 1.82) is 0 Å². The van der Waals surface area contributed by atoms with Crippen LogP contribution in [0.4, 0.5) is 5.82 Å². The molecule has 0 bridgehead atoms. The number of pyridine rings is 1. The van der Waals surface area contributed by atoms with E-state index in [0.29, 0.717) is 12.0 Å². The lowest BCUT2D eigenvalue weighted by Gasteiger charge is -2.22. The molecule has 2 unspecified atom stereocenters. The summed E-state index contributed by atoms with van der Waals surface area (Å²) in [4.78, 5) is 17.8. The Labute approximate surface area is 123 Å². The number of carbonyl (C=O) groups is 1. The van der Waals surface area contributed by atoms with Gasteiger partial charge in [0.2, 0.25) is 0 Å². The lowest BCUT2D eigenvalue weighted by atomic mass is 10.1. The summed E-state index contributed by atoms with van der Waals surface area (Å²) in [5, 5.41) is 8.90. The van der Waals surface area contributed by atoms with E-state index < -0.39 is 5.97 Å². The maximum absolute atomic E-state index is 10.8. The number of imidazole rings is 1. The fourth-order valence-electron chi connectivity index (χ4n) is 3.11. The van der Waals surface area contributed by atoms with Crippen LogP contribution in [-0.4, -0.2) is 33.0 Å². The Morgan fingerprint density at radius 1 is 1.43 bits per heavy atom. The summed E-state index contributed by atoms with van der Waals surface area (Å²) >= 11 is 0. The number of carboxylic acid groups (broad SMARTS) is 1. The third-order valence-corrected chi connectivity index (χ3v) is 3.99. The van der Waals surface area contributed by atoms with E-state index in [0.717, 1.165) is 30.1 Å². The highest BCUT2D eigenvalue weighted by Crippen LogP contribution is 2.31. The van der Waals surface area contributed by atoms with Crippen LogP contribution >= 0.6 is 0 Å². The van der Waals surface area contributed by atoms with E-state index in [1.165, 1.54) is 6.08 Å². The van der Waals surface area contributed by atoms with E-state index >= 15 is 0 Å². The maximum Gasteiger partial charge on any atom is 0.328 e. The molecule has 21 heavy (non-hydrogen) atoms. The molecule has 0 saturated carbocycles. The number of hydrogen-bond donors (Lipinski definition) is 1. The highest BCUT2D eigenvalue weighted by atomic mass is 16.4. The number of fused-ring (bicyclic) bond motifs is 1. The zero-order valence-corrected chi connectivity index (χ0v) is 12.2. The molecule has 0 aromatic carbocycles. The molecule has 0 amide bonds. The number of aromatic nitrogens is 2. The predicted octanol–water partition coefficient (Wildman–Crippen LogP) is 2.67. The molecule has 1 fully saturated rings. The fraction of sp³-hybridized carbons (Fsp3) is 0.375. The van der Waals surface area contributed by atoms with E-state index in [2.05, 4.69) is 18.7 Å². The second kappa shape index (κ2) is 5.24. The molecule has 0 radical (unpaired) electrons. The molecule has 3 heterocycles. The van der Waals surface area contributed by atoms with Crippen LogP contribution in [0.3, 0.4) is 0 Å². The lowest BCUT2D eigenvalue weighted by Crippen LogP contribution is -2.27. The molecule has 1 N–H and O–H groups in total. The van der Waals surface area contributed by atoms with Gasteiger partial charge in [0.1, 0.15) is 5.65 Å². The highest BCUT2D eigenvalue weighted by Gasteiger charge is 2.29. The summed E-state index contributed by atoms with van der Waals surface area (Å²) in [6, 6.07) is 6.22. The maximum atomic E-state index is 10.8.